The molecule has 0 aliphatic heterocycles. The molecule has 1 fully saturated rings. The number of aliphatic hydroxyl groups is 1. The van der Waals surface area contributed by atoms with Crippen LogP contribution < -0.4 is 0 Å². The van der Waals surface area contributed by atoms with Gasteiger partial charge >= 0.3 is 0 Å². The lowest BCUT2D eigenvalue weighted by Crippen LogP contribution is -2.48. The number of rotatable bonds is 0. The average Bonchev–Trinajstić information content (AvgIpc) is 2.64. The van der Waals surface area contributed by atoms with Gasteiger partial charge < -0.3 is 9.52 Å². The SMILES string of the molecule is Cc1coc2c1C[C@@]1(C)[C@H](CC[C@H](O)[C@@H]1C)C2. The summed E-state index contributed by atoms with van der Waals surface area (Å²) in [5.74, 6) is 2.27. The average molecular weight is 234 g/mol. The molecule has 0 aromatic carbocycles. The van der Waals surface area contributed by atoms with Crippen LogP contribution in [0.1, 0.15) is 43.6 Å². The summed E-state index contributed by atoms with van der Waals surface area (Å²) in [5, 5.41) is 10.1. The summed E-state index contributed by atoms with van der Waals surface area (Å²) in [4.78, 5) is 0. The topological polar surface area (TPSA) is 33.4 Å². The number of fused-ring (bicyclic) bond motifs is 2. The molecule has 0 unspecified atom stereocenters. The summed E-state index contributed by atoms with van der Waals surface area (Å²) in [6.07, 6.45) is 6.01. The molecule has 0 spiro atoms. The molecule has 2 aliphatic carbocycles. The van der Waals surface area contributed by atoms with Crippen LogP contribution in [0.3, 0.4) is 0 Å². The van der Waals surface area contributed by atoms with Crippen LogP contribution in [0.5, 0.6) is 0 Å². The van der Waals surface area contributed by atoms with E-state index < -0.39 is 0 Å². The predicted octanol–water partition coefficient (Wildman–Crippen LogP) is 3.10. The van der Waals surface area contributed by atoms with E-state index in [0.29, 0.717) is 11.8 Å². The Morgan fingerprint density at radius 2 is 2.18 bits per heavy atom. The molecule has 1 heterocycles. The van der Waals surface area contributed by atoms with Crippen LogP contribution in [0.25, 0.3) is 0 Å². The molecule has 1 N–H and O–H groups in total. The first-order valence-corrected chi connectivity index (χ1v) is 6.76. The van der Waals surface area contributed by atoms with Crippen LogP contribution in [0.15, 0.2) is 10.7 Å². The summed E-state index contributed by atoms with van der Waals surface area (Å²) in [7, 11) is 0. The zero-order chi connectivity index (χ0) is 12.2. The largest absolute Gasteiger partial charge is 0.469 e. The Morgan fingerprint density at radius 1 is 1.41 bits per heavy atom. The third-order valence-electron chi connectivity index (χ3n) is 5.54. The number of hydrogen-bond donors (Lipinski definition) is 1. The molecule has 2 heteroatoms. The molecule has 0 amide bonds. The van der Waals surface area contributed by atoms with Gasteiger partial charge in [-0.05, 0) is 54.6 Å². The van der Waals surface area contributed by atoms with E-state index in [1.165, 1.54) is 16.9 Å². The van der Waals surface area contributed by atoms with Crippen molar-refractivity contribution >= 4 is 0 Å². The van der Waals surface area contributed by atoms with Crippen LogP contribution in [-0.2, 0) is 12.8 Å². The van der Waals surface area contributed by atoms with Gasteiger partial charge in [-0.25, -0.2) is 0 Å². The molecule has 17 heavy (non-hydrogen) atoms. The third kappa shape index (κ3) is 1.50. The smallest absolute Gasteiger partial charge is 0.107 e. The van der Waals surface area contributed by atoms with E-state index in [1.807, 2.05) is 6.26 Å². The Balaban J connectivity index is 2.01. The van der Waals surface area contributed by atoms with Crippen molar-refractivity contribution in [3.05, 3.63) is 23.2 Å². The van der Waals surface area contributed by atoms with Crippen LogP contribution in [-0.4, -0.2) is 11.2 Å². The van der Waals surface area contributed by atoms with E-state index in [9.17, 15) is 5.11 Å². The molecule has 2 aliphatic rings. The number of furan rings is 1. The number of aryl methyl sites for hydroxylation is 1. The number of aliphatic hydroxyl groups excluding tert-OH is 1. The molecular formula is C15H22O2. The lowest BCUT2D eigenvalue weighted by Gasteiger charge is -2.50. The minimum Gasteiger partial charge on any atom is -0.469 e. The molecule has 94 valence electrons. The highest BCUT2D eigenvalue weighted by Crippen LogP contribution is 2.52. The zero-order valence-electron chi connectivity index (χ0n) is 11.0. The summed E-state index contributed by atoms with van der Waals surface area (Å²) in [6, 6.07) is 0. The van der Waals surface area contributed by atoms with Gasteiger partial charge in [0.15, 0.2) is 0 Å². The standard InChI is InChI=1S/C15H22O2/c1-9-8-17-14-6-11-4-5-13(16)10(2)15(11,3)7-12(9)14/h8,10-11,13,16H,4-7H2,1-3H3/t10-,11+,13-,15+/m0/s1. The van der Waals surface area contributed by atoms with E-state index in [1.54, 1.807) is 0 Å². The Hall–Kier alpha value is -0.760. The first-order chi connectivity index (χ1) is 8.02. The van der Waals surface area contributed by atoms with Crippen molar-refractivity contribution < 1.29 is 9.52 Å². The first-order valence-electron chi connectivity index (χ1n) is 6.76. The van der Waals surface area contributed by atoms with Crippen molar-refractivity contribution in [2.75, 3.05) is 0 Å². The Kier molecular flexibility index (Phi) is 2.41. The van der Waals surface area contributed by atoms with Crippen molar-refractivity contribution in [2.24, 2.45) is 17.3 Å². The molecule has 3 rings (SSSR count). The summed E-state index contributed by atoms with van der Waals surface area (Å²) in [5.41, 5.74) is 2.94. The molecule has 2 nitrogen and oxygen atoms in total. The Morgan fingerprint density at radius 3 is 2.94 bits per heavy atom. The van der Waals surface area contributed by atoms with Crippen molar-refractivity contribution in [3.63, 3.8) is 0 Å². The fourth-order valence-corrected chi connectivity index (χ4v) is 3.94. The molecule has 1 aromatic rings. The second-order valence-electron chi connectivity index (χ2n) is 6.34. The van der Waals surface area contributed by atoms with Gasteiger partial charge in [-0.3, -0.25) is 0 Å². The molecule has 0 radical (unpaired) electrons. The minimum atomic E-state index is -0.120. The zero-order valence-corrected chi connectivity index (χ0v) is 11.0. The monoisotopic (exact) mass is 234 g/mol. The summed E-state index contributed by atoms with van der Waals surface area (Å²) >= 11 is 0. The lowest BCUT2D eigenvalue weighted by atomic mass is 9.55. The van der Waals surface area contributed by atoms with E-state index in [-0.39, 0.29) is 11.5 Å². The fraction of sp³-hybridized carbons (Fsp3) is 0.733. The van der Waals surface area contributed by atoms with Crippen molar-refractivity contribution in [2.45, 2.75) is 52.6 Å². The van der Waals surface area contributed by atoms with Crippen LogP contribution >= 0.6 is 0 Å². The highest BCUT2D eigenvalue weighted by Gasteiger charge is 2.49. The van der Waals surface area contributed by atoms with Gasteiger partial charge in [-0.2, -0.15) is 0 Å². The molecule has 4 atom stereocenters. The van der Waals surface area contributed by atoms with Gasteiger partial charge in [0.2, 0.25) is 0 Å². The number of hydrogen-bond acceptors (Lipinski definition) is 2. The highest BCUT2D eigenvalue weighted by molar-refractivity contribution is 5.32. The Bertz CT molecular complexity index is 434. The third-order valence-corrected chi connectivity index (χ3v) is 5.54. The second-order valence-corrected chi connectivity index (χ2v) is 6.34. The van der Waals surface area contributed by atoms with Gasteiger partial charge in [-0.15, -0.1) is 0 Å². The maximum atomic E-state index is 10.1. The van der Waals surface area contributed by atoms with E-state index in [2.05, 4.69) is 20.8 Å². The van der Waals surface area contributed by atoms with Crippen molar-refractivity contribution in [3.8, 4) is 0 Å². The van der Waals surface area contributed by atoms with E-state index >= 15 is 0 Å². The minimum absolute atomic E-state index is 0.120. The molecular weight excluding hydrogens is 212 g/mol. The van der Waals surface area contributed by atoms with Crippen LogP contribution in [0.4, 0.5) is 0 Å². The van der Waals surface area contributed by atoms with Gasteiger partial charge in [-0.1, -0.05) is 13.8 Å². The molecule has 0 bridgehead atoms. The highest BCUT2D eigenvalue weighted by atomic mass is 16.3. The van der Waals surface area contributed by atoms with Crippen LogP contribution in [0, 0.1) is 24.2 Å². The van der Waals surface area contributed by atoms with Gasteiger partial charge in [0.25, 0.3) is 0 Å². The normalized spacial score (nSPS) is 40.8. The van der Waals surface area contributed by atoms with E-state index in [4.69, 9.17) is 4.42 Å². The van der Waals surface area contributed by atoms with Crippen molar-refractivity contribution in [1.82, 2.24) is 0 Å². The van der Waals surface area contributed by atoms with Gasteiger partial charge in [0.05, 0.1) is 12.4 Å². The lowest BCUT2D eigenvalue weighted by molar-refractivity contribution is -0.0546. The second kappa shape index (κ2) is 3.61. The molecule has 1 aromatic heterocycles. The Labute approximate surface area is 103 Å². The molecule has 1 saturated carbocycles. The molecule has 0 saturated heterocycles. The maximum Gasteiger partial charge on any atom is 0.107 e. The first kappa shape index (κ1) is 11.3. The summed E-state index contributed by atoms with van der Waals surface area (Å²) in [6.45, 7) is 6.72. The van der Waals surface area contributed by atoms with Gasteiger partial charge in [0.1, 0.15) is 5.76 Å². The fourth-order valence-electron chi connectivity index (χ4n) is 3.94. The predicted molar refractivity (Wildman–Crippen MR) is 66.9 cm³/mol. The van der Waals surface area contributed by atoms with Crippen molar-refractivity contribution in [1.29, 1.82) is 0 Å². The van der Waals surface area contributed by atoms with E-state index in [0.717, 1.165) is 25.7 Å². The van der Waals surface area contributed by atoms with Crippen LogP contribution in [0.2, 0.25) is 0 Å². The van der Waals surface area contributed by atoms with Gasteiger partial charge in [0, 0.05) is 6.42 Å². The summed E-state index contributed by atoms with van der Waals surface area (Å²) < 4.78 is 5.68. The maximum absolute atomic E-state index is 10.1. The quantitative estimate of drug-likeness (QED) is 0.748.